The number of nitrogens with zero attached hydrogens (tertiary/aromatic N) is 1. The fourth-order valence-electron chi connectivity index (χ4n) is 3.42. The normalized spacial score (nSPS) is 19.9. The van der Waals surface area contributed by atoms with Crippen LogP contribution in [0.5, 0.6) is 0 Å². The first kappa shape index (κ1) is 19.3. The lowest BCUT2D eigenvalue weighted by Crippen LogP contribution is -2.16. The molecule has 0 spiro atoms. The molecule has 27 heavy (non-hydrogen) atoms. The number of hydrogen-bond acceptors (Lipinski definition) is 4. The highest BCUT2D eigenvalue weighted by Gasteiger charge is 2.60. The molecule has 142 valence electrons. The van der Waals surface area contributed by atoms with Crippen molar-refractivity contribution in [3.8, 4) is 11.3 Å². The van der Waals surface area contributed by atoms with Crippen LogP contribution in [0.4, 0.5) is 10.8 Å². The maximum Gasteiger partial charge on any atom is 0.230 e. The van der Waals surface area contributed by atoms with Crippen LogP contribution in [0.2, 0.25) is 0 Å². The minimum Gasteiger partial charge on any atom is -0.326 e. The summed E-state index contributed by atoms with van der Waals surface area (Å²) in [6, 6.07) is 7.48. The summed E-state index contributed by atoms with van der Waals surface area (Å²) in [6.07, 6.45) is 2.19. The van der Waals surface area contributed by atoms with E-state index >= 15 is 0 Å². The van der Waals surface area contributed by atoms with Crippen LogP contribution in [-0.4, -0.2) is 16.8 Å². The number of benzene rings is 1. The van der Waals surface area contributed by atoms with Crippen molar-refractivity contribution >= 4 is 34.0 Å². The fourth-order valence-corrected chi connectivity index (χ4v) is 4.15. The lowest BCUT2D eigenvalue weighted by atomic mass is 10.1. The first-order chi connectivity index (χ1) is 12.7. The lowest BCUT2D eigenvalue weighted by Gasteiger charge is -2.03. The molecular weight excluding hydrogens is 358 g/mol. The molecule has 1 aliphatic rings. The van der Waals surface area contributed by atoms with Gasteiger partial charge in [-0.2, -0.15) is 0 Å². The summed E-state index contributed by atoms with van der Waals surface area (Å²) >= 11 is 1.42. The number of nitrogens with one attached hydrogen (secondary N) is 2. The van der Waals surface area contributed by atoms with Crippen LogP contribution in [0, 0.1) is 17.3 Å². The third-order valence-corrected chi connectivity index (χ3v) is 5.70. The molecule has 6 heteroatoms. The number of amides is 2. The maximum atomic E-state index is 12.7. The van der Waals surface area contributed by atoms with Crippen molar-refractivity contribution in [1.82, 2.24) is 4.98 Å². The topological polar surface area (TPSA) is 71.1 Å². The Bertz CT molecular complexity index is 892. The van der Waals surface area contributed by atoms with Crippen molar-refractivity contribution < 1.29 is 9.59 Å². The predicted molar refractivity (Wildman–Crippen MR) is 111 cm³/mol. The van der Waals surface area contributed by atoms with Crippen LogP contribution in [0.3, 0.4) is 0 Å². The summed E-state index contributed by atoms with van der Waals surface area (Å²) in [6.45, 7) is 9.87. The third-order valence-electron chi connectivity index (χ3n) is 4.94. The largest absolute Gasteiger partial charge is 0.326 e. The molecular formula is C21H25N3O2S. The monoisotopic (exact) mass is 383 g/mol. The first-order valence-electron chi connectivity index (χ1n) is 8.98. The molecule has 0 unspecified atom stereocenters. The predicted octanol–water partition coefficient (Wildman–Crippen LogP) is 4.95. The number of carbonyl (C=O) groups excluding carboxylic acids is 2. The molecule has 1 aromatic carbocycles. The molecule has 1 fully saturated rings. The Hall–Kier alpha value is -2.47. The second-order valence-corrected chi connectivity index (χ2v) is 8.71. The van der Waals surface area contributed by atoms with E-state index in [-0.39, 0.29) is 29.1 Å². The molecule has 5 nitrogen and oxygen atoms in total. The summed E-state index contributed by atoms with van der Waals surface area (Å²) in [5, 5.41) is 8.25. The van der Waals surface area contributed by atoms with Gasteiger partial charge in [-0.05, 0) is 37.3 Å². The van der Waals surface area contributed by atoms with E-state index < -0.39 is 0 Å². The minimum absolute atomic E-state index is 0.0129. The van der Waals surface area contributed by atoms with Crippen molar-refractivity contribution in [3.63, 3.8) is 0 Å². The van der Waals surface area contributed by atoms with Crippen molar-refractivity contribution in [2.24, 2.45) is 17.3 Å². The average Bonchev–Trinajstić information content (AvgIpc) is 2.91. The Morgan fingerprint density at radius 1 is 1.11 bits per heavy atom. The van der Waals surface area contributed by atoms with Crippen LogP contribution in [0.15, 0.2) is 41.3 Å². The van der Waals surface area contributed by atoms with Gasteiger partial charge in [0.05, 0.1) is 11.6 Å². The first-order valence-corrected chi connectivity index (χ1v) is 9.86. The Labute approximate surface area is 163 Å². The van der Waals surface area contributed by atoms with E-state index in [2.05, 4.69) is 49.4 Å². The van der Waals surface area contributed by atoms with Gasteiger partial charge in [0.1, 0.15) is 0 Å². The zero-order valence-electron chi connectivity index (χ0n) is 16.3. The SMILES string of the molecule is CC(=O)Nc1ccc(-c2csc(NC(=O)[C@@H]3[C@H](C=C(C)C)C3(C)C)n2)cc1. The fraction of sp³-hybridized carbons (Fsp3) is 0.381. The molecule has 0 saturated heterocycles. The average molecular weight is 384 g/mol. The highest BCUT2D eigenvalue weighted by atomic mass is 32.1. The highest BCUT2D eigenvalue weighted by molar-refractivity contribution is 7.14. The van der Waals surface area contributed by atoms with Crippen LogP contribution >= 0.6 is 11.3 Å². The summed E-state index contributed by atoms with van der Waals surface area (Å²) in [7, 11) is 0. The Morgan fingerprint density at radius 2 is 1.78 bits per heavy atom. The van der Waals surface area contributed by atoms with Gasteiger partial charge >= 0.3 is 0 Å². The molecule has 1 aromatic heterocycles. The zero-order valence-corrected chi connectivity index (χ0v) is 17.1. The van der Waals surface area contributed by atoms with Gasteiger partial charge in [0.2, 0.25) is 11.8 Å². The van der Waals surface area contributed by atoms with Gasteiger partial charge in [-0.3, -0.25) is 9.59 Å². The van der Waals surface area contributed by atoms with E-state index in [0.29, 0.717) is 5.13 Å². The third kappa shape index (κ3) is 4.27. The molecule has 2 aromatic rings. The minimum atomic E-state index is -0.101. The van der Waals surface area contributed by atoms with Crippen molar-refractivity contribution in [2.75, 3.05) is 10.6 Å². The van der Waals surface area contributed by atoms with Crippen molar-refractivity contribution in [3.05, 3.63) is 41.3 Å². The van der Waals surface area contributed by atoms with E-state index in [1.807, 2.05) is 29.6 Å². The highest BCUT2D eigenvalue weighted by Crippen LogP contribution is 2.59. The molecule has 1 aliphatic carbocycles. The molecule has 2 atom stereocenters. The molecule has 2 amide bonds. The van der Waals surface area contributed by atoms with Crippen LogP contribution in [0.25, 0.3) is 11.3 Å². The smallest absolute Gasteiger partial charge is 0.230 e. The van der Waals surface area contributed by atoms with Crippen molar-refractivity contribution in [1.29, 1.82) is 0 Å². The van der Waals surface area contributed by atoms with E-state index in [1.165, 1.54) is 23.8 Å². The van der Waals surface area contributed by atoms with Gasteiger partial charge in [-0.15, -0.1) is 11.3 Å². The van der Waals surface area contributed by atoms with Crippen LogP contribution in [0.1, 0.15) is 34.6 Å². The molecule has 1 saturated carbocycles. The summed E-state index contributed by atoms with van der Waals surface area (Å²) in [5.74, 6) is 0.195. The number of aromatic nitrogens is 1. The number of anilines is 2. The van der Waals surface area contributed by atoms with Gasteiger partial charge in [-0.25, -0.2) is 4.98 Å². The van der Waals surface area contributed by atoms with Gasteiger partial charge < -0.3 is 10.6 Å². The maximum absolute atomic E-state index is 12.7. The molecule has 3 rings (SSSR count). The van der Waals surface area contributed by atoms with Crippen molar-refractivity contribution in [2.45, 2.75) is 34.6 Å². The molecule has 0 radical (unpaired) electrons. The molecule has 0 aliphatic heterocycles. The standard InChI is InChI=1S/C21H25N3O2S/c1-12(2)10-16-18(21(16,4)5)19(26)24-20-23-17(11-27-20)14-6-8-15(9-7-14)22-13(3)25/h6-11,16,18H,1-5H3,(H,22,25)(H,23,24,26)/t16-,18-/m0/s1. The quantitative estimate of drug-likeness (QED) is 0.718. The summed E-state index contributed by atoms with van der Waals surface area (Å²) in [5.41, 5.74) is 3.72. The Morgan fingerprint density at radius 3 is 2.37 bits per heavy atom. The number of carbonyl (C=O) groups is 2. The molecule has 1 heterocycles. The molecule has 0 bridgehead atoms. The Kier molecular flexibility index (Phi) is 5.20. The summed E-state index contributed by atoms with van der Waals surface area (Å²) in [4.78, 5) is 28.3. The summed E-state index contributed by atoms with van der Waals surface area (Å²) < 4.78 is 0. The number of rotatable bonds is 5. The van der Waals surface area contributed by atoms with Crippen LogP contribution in [-0.2, 0) is 9.59 Å². The van der Waals surface area contributed by atoms with Gasteiger partial charge in [0, 0.05) is 23.6 Å². The van der Waals surface area contributed by atoms with Crippen LogP contribution < -0.4 is 10.6 Å². The second-order valence-electron chi connectivity index (χ2n) is 7.85. The van der Waals surface area contributed by atoms with Gasteiger partial charge in [0.25, 0.3) is 0 Å². The zero-order chi connectivity index (χ0) is 19.8. The molecule has 2 N–H and O–H groups in total. The van der Waals surface area contributed by atoms with Gasteiger partial charge in [0.15, 0.2) is 5.13 Å². The number of hydrogen-bond donors (Lipinski definition) is 2. The van der Waals surface area contributed by atoms with E-state index in [9.17, 15) is 9.59 Å². The lowest BCUT2D eigenvalue weighted by molar-refractivity contribution is -0.118. The van der Waals surface area contributed by atoms with Gasteiger partial charge in [-0.1, -0.05) is 37.6 Å². The second kappa shape index (κ2) is 7.27. The van der Waals surface area contributed by atoms with E-state index in [1.54, 1.807) is 0 Å². The number of allylic oxidation sites excluding steroid dienone is 2. The number of thiazole rings is 1. The Balaban J connectivity index is 1.67. The van der Waals surface area contributed by atoms with E-state index in [4.69, 9.17) is 0 Å². The van der Waals surface area contributed by atoms with E-state index in [0.717, 1.165) is 16.9 Å².